The van der Waals surface area contributed by atoms with Gasteiger partial charge in [0, 0.05) is 29.9 Å². The zero-order valence-corrected chi connectivity index (χ0v) is 11.3. The van der Waals surface area contributed by atoms with Gasteiger partial charge in [-0.2, -0.15) is 5.10 Å². The van der Waals surface area contributed by atoms with E-state index in [1.165, 1.54) is 0 Å². The summed E-state index contributed by atoms with van der Waals surface area (Å²) in [4.78, 5) is 16.5. The van der Waals surface area contributed by atoms with Crippen LogP contribution in [0.25, 0.3) is 22.0 Å². The van der Waals surface area contributed by atoms with Gasteiger partial charge < -0.3 is 0 Å². The molecular weight excluding hydrogens is 250 g/mol. The van der Waals surface area contributed by atoms with Gasteiger partial charge in [0.1, 0.15) is 5.69 Å². The van der Waals surface area contributed by atoms with Crippen molar-refractivity contribution in [3.63, 3.8) is 0 Å². The first-order valence-electron chi connectivity index (χ1n) is 6.71. The van der Waals surface area contributed by atoms with Crippen molar-refractivity contribution >= 4 is 10.8 Å². The van der Waals surface area contributed by atoms with E-state index in [1.807, 2.05) is 43.3 Å². The Morgan fingerprint density at radius 1 is 1.10 bits per heavy atom. The Morgan fingerprint density at radius 3 is 2.60 bits per heavy atom. The molecule has 2 aromatic heterocycles. The van der Waals surface area contributed by atoms with Gasteiger partial charge in [-0.3, -0.25) is 9.78 Å². The summed E-state index contributed by atoms with van der Waals surface area (Å²) >= 11 is 0. The monoisotopic (exact) mass is 265 g/mol. The lowest BCUT2D eigenvalue weighted by molar-refractivity contribution is 0.576. The van der Waals surface area contributed by atoms with Gasteiger partial charge >= 0.3 is 0 Å². The van der Waals surface area contributed by atoms with Gasteiger partial charge in [-0.1, -0.05) is 25.1 Å². The van der Waals surface area contributed by atoms with Crippen LogP contribution in [0.1, 0.15) is 13.3 Å². The molecule has 100 valence electrons. The molecule has 1 aromatic carbocycles. The van der Waals surface area contributed by atoms with Gasteiger partial charge in [-0.25, -0.2) is 4.68 Å². The van der Waals surface area contributed by atoms with Crippen LogP contribution in [0, 0.1) is 0 Å². The molecular formula is C16H15N3O. The van der Waals surface area contributed by atoms with Crippen LogP contribution in [0.15, 0.2) is 53.6 Å². The van der Waals surface area contributed by atoms with Crippen LogP contribution < -0.4 is 5.56 Å². The zero-order chi connectivity index (χ0) is 13.9. The van der Waals surface area contributed by atoms with Crippen molar-refractivity contribution in [2.45, 2.75) is 19.9 Å². The standard InChI is InChI=1S/C16H15N3O/c1-2-10-19-16(20)14-8-4-3-7-13(14)15(18-19)12-6-5-9-17-11-12/h3-9,11H,2,10H2,1H3. The van der Waals surface area contributed by atoms with Crippen molar-refractivity contribution < 1.29 is 0 Å². The van der Waals surface area contributed by atoms with E-state index in [2.05, 4.69) is 10.1 Å². The second kappa shape index (κ2) is 5.25. The van der Waals surface area contributed by atoms with Crippen molar-refractivity contribution in [2.75, 3.05) is 0 Å². The molecule has 0 atom stereocenters. The molecule has 4 heteroatoms. The van der Waals surface area contributed by atoms with Crippen LogP contribution in [-0.2, 0) is 6.54 Å². The van der Waals surface area contributed by atoms with Crippen LogP contribution in [0.2, 0.25) is 0 Å². The molecule has 0 aliphatic rings. The third-order valence-corrected chi connectivity index (χ3v) is 3.24. The summed E-state index contributed by atoms with van der Waals surface area (Å²) in [5.41, 5.74) is 1.70. The molecule has 0 fully saturated rings. The number of benzene rings is 1. The first kappa shape index (κ1) is 12.5. The Labute approximate surface area is 116 Å². The Balaban J connectivity index is 2.36. The summed E-state index contributed by atoms with van der Waals surface area (Å²) in [6, 6.07) is 11.4. The molecule has 0 aliphatic heterocycles. The van der Waals surface area contributed by atoms with Gasteiger partial charge in [0.25, 0.3) is 5.56 Å². The van der Waals surface area contributed by atoms with E-state index in [9.17, 15) is 4.79 Å². The van der Waals surface area contributed by atoms with E-state index in [0.717, 1.165) is 23.1 Å². The quantitative estimate of drug-likeness (QED) is 0.731. The number of hydrogen-bond acceptors (Lipinski definition) is 3. The number of pyridine rings is 1. The molecule has 0 bridgehead atoms. The fourth-order valence-corrected chi connectivity index (χ4v) is 2.31. The van der Waals surface area contributed by atoms with Crippen LogP contribution in [0.3, 0.4) is 0 Å². The molecule has 4 nitrogen and oxygen atoms in total. The van der Waals surface area contributed by atoms with Gasteiger partial charge in [0.05, 0.1) is 5.39 Å². The molecule has 0 aliphatic carbocycles. The summed E-state index contributed by atoms with van der Waals surface area (Å²) in [5, 5.41) is 6.10. The molecule has 2 heterocycles. The minimum Gasteiger partial charge on any atom is -0.267 e. The minimum absolute atomic E-state index is 0.0323. The highest BCUT2D eigenvalue weighted by atomic mass is 16.1. The molecule has 0 spiro atoms. The molecule has 0 unspecified atom stereocenters. The molecule has 0 saturated carbocycles. The number of hydrogen-bond donors (Lipinski definition) is 0. The SMILES string of the molecule is CCCn1nc(-c2cccnc2)c2ccccc2c1=O. The van der Waals surface area contributed by atoms with Crippen molar-refractivity contribution in [2.24, 2.45) is 0 Å². The number of nitrogens with zero attached hydrogens (tertiary/aromatic N) is 3. The highest BCUT2D eigenvalue weighted by Gasteiger charge is 2.11. The summed E-state index contributed by atoms with van der Waals surface area (Å²) in [6.45, 7) is 2.66. The Morgan fingerprint density at radius 2 is 1.90 bits per heavy atom. The molecule has 3 rings (SSSR count). The van der Waals surface area contributed by atoms with Crippen molar-refractivity contribution in [3.8, 4) is 11.3 Å². The molecule has 0 N–H and O–H groups in total. The fourth-order valence-electron chi connectivity index (χ4n) is 2.31. The molecule has 3 aromatic rings. The minimum atomic E-state index is -0.0323. The zero-order valence-electron chi connectivity index (χ0n) is 11.3. The summed E-state index contributed by atoms with van der Waals surface area (Å²) < 4.78 is 1.55. The summed E-state index contributed by atoms with van der Waals surface area (Å²) in [5.74, 6) is 0. The first-order valence-corrected chi connectivity index (χ1v) is 6.71. The van der Waals surface area contributed by atoms with E-state index in [4.69, 9.17) is 0 Å². The van der Waals surface area contributed by atoms with Gasteiger partial charge in [-0.15, -0.1) is 0 Å². The van der Waals surface area contributed by atoms with Crippen LogP contribution >= 0.6 is 0 Å². The number of rotatable bonds is 3. The lowest BCUT2D eigenvalue weighted by Crippen LogP contribution is -2.23. The average molecular weight is 265 g/mol. The maximum absolute atomic E-state index is 12.4. The fraction of sp³-hybridized carbons (Fsp3) is 0.188. The first-order chi connectivity index (χ1) is 9.81. The van der Waals surface area contributed by atoms with Crippen LogP contribution in [0.5, 0.6) is 0 Å². The molecule has 0 saturated heterocycles. The number of aromatic nitrogens is 3. The second-order valence-corrected chi connectivity index (χ2v) is 4.66. The lowest BCUT2D eigenvalue weighted by atomic mass is 10.1. The largest absolute Gasteiger partial charge is 0.274 e. The van der Waals surface area contributed by atoms with Crippen molar-refractivity contribution in [3.05, 3.63) is 59.1 Å². The highest BCUT2D eigenvalue weighted by molar-refractivity contribution is 5.93. The topological polar surface area (TPSA) is 47.8 Å². The average Bonchev–Trinajstić information content (AvgIpc) is 2.51. The summed E-state index contributed by atoms with van der Waals surface area (Å²) in [6.07, 6.45) is 4.38. The Hall–Kier alpha value is -2.49. The second-order valence-electron chi connectivity index (χ2n) is 4.66. The van der Waals surface area contributed by atoms with Gasteiger partial charge in [-0.05, 0) is 24.6 Å². The van der Waals surface area contributed by atoms with Gasteiger partial charge in [0.2, 0.25) is 0 Å². The van der Waals surface area contributed by atoms with E-state index in [-0.39, 0.29) is 5.56 Å². The number of fused-ring (bicyclic) bond motifs is 1. The highest BCUT2D eigenvalue weighted by Crippen LogP contribution is 2.23. The van der Waals surface area contributed by atoms with E-state index in [1.54, 1.807) is 17.1 Å². The third kappa shape index (κ3) is 2.09. The van der Waals surface area contributed by atoms with Crippen molar-refractivity contribution in [1.29, 1.82) is 0 Å². The van der Waals surface area contributed by atoms with Crippen molar-refractivity contribution in [1.82, 2.24) is 14.8 Å². The van der Waals surface area contributed by atoms with E-state index < -0.39 is 0 Å². The predicted molar refractivity (Wildman–Crippen MR) is 79.5 cm³/mol. The third-order valence-electron chi connectivity index (χ3n) is 3.24. The maximum atomic E-state index is 12.4. The van der Waals surface area contributed by atoms with E-state index >= 15 is 0 Å². The predicted octanol–water partition coefficient (Wildman–Crippen LogP) is 2.87. The molecule has 0 radical (unpaired) electrons. The van der Waals surface area contributed by atoms with Gasteiger partial charge in [0.15, 0.2) is 0 Å². The Kier molecular flexibility index (Phi) is 3.29. The normalized spacial score (nSPS) is 10.8. The number of aryl methyl sites for hydroxylation is 1. The Bertz CT molecular complexity index is 794. The van der Waals surface area contributed by atoms with Crippen LogP contribution in [0.4, 0.5) is 0 Å². The molecule has 20 heavy (non-hydrogen) atoms. The summed E-state index contributed by atoms with van der Waals surface area (Å²) in [7, 11) is 0. The van der Waals surface area contributed by atoms with Crippen LogP contribution in [-0.4, -0.2) is 14.8 Å². The maximum Gasteiger partial charge on any atom is 0.274 e. The lowest BCUT2D eigenvalue weighted by Gasteiger charge is -2.10. The smallest absolute Gasteiger partial charge is 0.267 e. The molecule has 0 amide bonds. The van der Waals surface area contributed by atoms with E-state index in [0.29, 0.717) is 11.9 Å².